The summed E-state index contributed by atoms with van der Waals surface area (Å²) in [5.41, 5.74) is 3.25. The van der Waals surface area contributed by atoms with E-state index < -0.39 is 0 Å². The fourth-order valence-corrected chi connectivity index (χ4v) is 2.88. The molecule has 0 amide bonds. The van der Waals surface area contributed by atoms with Crippen LogP contribution in [-0.4, -0.2) is 12.6 Å². The molecule has 1 heterocycles. The lowest BCUT2D eigenvalue weighted by Crippen LogP contribution is -2.48. The first-order chi connectivity index (χ1) is 7.26. The molecule has 1 saturated carbocycles. The van der Waals surface area contributed by atoms with Crippen molar-refractivity contribution in [2.45, 2.75) is 51.5 Å². The molecule has 0 saturated heterocycles. The van der Waals surface area contributed by atoms with Crippen LogP contribution < -0.4 is 11.3 Å². The van der Waals surface area contributed by atoms with E-state index in [4.69, 9.17) is 10.6 Å². The van der Waals surface area contributed by atoms with E-state index in [9.17, 15) is 0 Å². The topological polar surface area (TPSA) is 47.3 Å². The summed E-state index contributed by atoms with van der Waals surface area (Å²) in [6.45, 7) is 3.17. The van der Waals surface area contributed by atoms with Crippen molar-refractivity contribution >= 4 is 0 Å². The number of allylic oxidation sites excluding steroid dienone is 1. The molecule has 3 heteroatoms. The van der Waals surface area contributed by atoms with Crippen molar-refractivity contribution in [3.63, 3.8) is 0 Å². The normalized spacial score (nSPS) is 26.9. The Bertz CT molecular complexity index is 244. The van der Waals surface area contributed by atoms with Crippen LogP contribution in [0.15, 0.2) is 11.8 Å². The van der Waals surface area contributed by atoms with Crippen LogP contribution in [0.25, 0.3) is 0 Å². The summed E-state index contributed by atoms with van der Waals surface area (Å²) in [7, 11) is 0. The van der Waals surface area contributed by atoms with Gasteiger partial charge in [0.05, 0.1) is 12.6 Å². The molecule has 1 fully saturated rings. The minimum absolute atomic E-state index is 0.209. The average molecular weight is 210 g/mol. The minimum Gasteiger partial charge on any atom is -0.497 e. The van der Waals surface area contributed by atoms with Gasteiger partial charge in [0.2, 0.25) is 0 Å². The molecule has 0 aromatic rings. The van der Waals surface area contributed by atoms with Gasteiger partial charge in [-0.3, -0.25) is 5.84 Å². The van der Waals surface area contributed by atoms with Gasteiger partial charge in [-0.25, -0.2) is 5.43 Å². The molecule has 2 rings (SSSR count). The molecule has 0 spiro atoms. The number of ether oxygens (including phenoxy) is 1. The summed E-state index contributed by atoms with van der Waals surface area (Å²) >= 11 is 0. The zero-order valence-electron chi connectivity index (χ0n) is 9.59. The van der Waals surface area contributed by atoms with Gasteiger partial charge in [-0.15, -0.1) is 0 Å². The lowest BCUT2D eigenvalue weighted by Gasteiger charge is -2.36. The molecule has 86 valence electrons. The minimum atomic E-state index is 0.209. The van der Waals surface area contributed by atoms with Crippen LogP contribution in [0.5, 0.6) is 0 Å². The molecule has 2 aliphatic rings. The van der Waals surface area contributed by atoms with Crippen LogP contribution in [0, 0.1) is 5.41 Å². The second-order valence-corrected chi connectivity index (χ2v) is 5.06. The molecular weight excluding hydrogens is 188 g/mol. The molecule has 1 aliphatic carbocycles. The predicted octanol–water partition coefficient (Wildman–Crippen LogP) is 2.09. The third-order valence-corrected chi connectivity index (χ3v) is 3.86. The molecule has 3 nitrogen and oxygen atoms in total. The Morgan fingerprint density at radius 3 is 2.67 bits per heavy atom. The van der Waals surface area contributed by atoms with E-state index in [0.29, 0.717) is 0 Å². The Hall–Kier alpha value is -0.540. The van der Waals surface area contributed by atoms with Crippen molar-refractivity contribution in [2.24, 2.45) is 11.3 Å². The Kier molecular flexibility index (Phi) is 3.32. The maximum absolute atomic E-state index is 5.73. The predicted molar refractivity (Wildman–Crippen MR) is 61.0 cm³/mol. The number of rotatable bonds is 3. The van der Waals surface area contributed by atoms with Crippen LogP contribution in [0.4, 0.5) is 0 Å². The number of nitrogens with one attached hydrogen (secondary N) is 1. The van der Waals surface area contributed by atoms with Crippen LogP contribution in [-0.2, 0) is 4.74 Å². The van der Waals surface area contributed by atoms with Gasteiger partial charge in [0, 0.05) is 0 Å². The highest BCUT2D eigenvalue weighted by Gasteiger charge is 2.39. The summed E-state index contributed by atoms with van der Waals surface area (Å²) in [4.78, 5) is 0. The van der Waals surface area contributed by atoms with Gasteiger partial charge in [0.25, 0.3) is 0 Å². The van der Waals surface area contributed by atoms with Crippen molar-refractivity contribution in [1.29, 1.82) is 0 Å². The van der Waals surface area contributed by atoms with Gasteiger partial charge in [-0.1, -0.05) is 19.8 Å². The SMILES string of the molecule is CC1(C(NN)C2=CCCCO2)CCCC1. The molecule has 15 heavy (non-hydrogen) atoms. The Morgan fingerprint density at radius 2 is 2.13 bits per heavy atom. The lowest BCUT2D eigenvalue weighted by molar-refractivity contribution is 0.119. The first-order valence-electron chi connectivity index (χ1n) is 6.05. The van der Waals surface area contributed by atoms with E-state index >= 15 is 0 Å². The second kappa shape index (κ2) is 4.54. The fourth-order valence-electron chi connectivity index (χ4n) is 2.88. The highest BCUT2D eigenvalue weighted by Crippen LogP contribution is 2.43. The second-order valence-electron chi connectivity index (χ2n) is 5.06. The first kappa shape index (κ1) is 11.0. The fraction of sp³-hybridized carbons (Fsp3) is 0.833. The summed E-state index contributed by atoms with van der Waals surface area (Å²) < 4.78 is 5.73. The smallest absolute Gasteiger partial charge is 0.111 e. The molecule has 0 aromatic heterocycles. The molecule has 3 N–H and O–H groups in total. The lowest BCUT2D eigenvalue weighted by atomic mass is 9.79. The Balaban J connectivity index is 2.11. The number of hydrazine groups is 1. The van der Waals surface area contributed by atoms with Crippen molar-refractivity contribution in [1.82, 2.24) is 5.43 Å². The molecule has 1 unspecified atom stereocenters. The van der Waals surface area contributed by atoms with Gasteiger partial charge in [0.15, 0.2) is 0 Å². The van der Waals surface area contributed by atoms with E-state index in [2.05, 4.69) is 18.4 Å². The standard InChI is InChI=1S/C12H22N2O/c1-12(7-3-4-8-12)11(14-13)10-6-2-5-9-15-10/h6,11,14H,2-5,7-9,13H2,1H3. The van der Waals surface area contributed by atoms with E-state index in [1.165, 1.54) is 25.7 Å². The van der Waals surface area contributed by atoms with Crippen LogP contribution >= 0.6 is 0 Å². The number of nitrogens with two attached hydrogens (primary N) is 1. The van der Waals surface area contributed by atoms with Crippen LogP contribution in [0.1, 0.15) is 45.4 Å². The highest BCUT2D eigenvalue weighted by molar-refractivity contribution is 5.11. The van der Waals surface area contributed by atoms with Gasteiger partial charge in [0.1, 0.15) is 5.76 Å². The summed E-state index contributed by atoms with van der Waals surface area (Å²) in [5.74, 6) is 6.77. The summed E-state index contributed by atoms with van der Waals surface area (Å²) in [6, 6.07) is 0.209. The molecule has 1 atom stereocenters. The van der Waals surface area contributed by atoms with Gasteiger partial charge < -0.3 is 4.74 Å². The Labute approximate surface area is 92.0 Å². The van der Waals surface area contributed by atoms with Gasteiger partial charge in [-0.05, 0) is 37.2 Å². The zero-order chi connectivity index (χ0) is 10.7. The third-order valence-electron chi connectivity index (χ3n) is 3.86. The van der Waals surface area contributed by atoms with Crippen molar-refractivity contribution < 1.29 is 4.74 Å². The number of hydrogen-bond donors (Lipinski definition) is 2. The van der Waals surface area contributed by atoms with E-state index in [1.54, 1.807) is 0 Å². The van der Waals surface area contributed by atoms with E-state index in [1.807, 2.05) is 0 Å². The first-order valence-corrected chi connectivity index (χ1v) is 6.05. The third kappa shape index (κ3) is 2.18. The average Bonchev–Trinajstić information content (AvgIpc) is 2.68. The molecule has 0 bridgehead atoms. The summed E-state index contributed by atoms with van der Waals surface area (Å²) in [5, 5.41) is 0. The van der Waals surface area contributed by atoms with Crippen LogP contribution in [0.2, 0.25) is 0 Å². The van der Waals surface area contributed by atoms with Crippen LogP contribution in [0.3, 0.4) is 0 Å². The summed E-state index contributed by atoms with van der Waals surface area (Å²) in [6.07, 6.45) is 9.62. The molecular formula is C12H22N2O. The van der Waals surface area contributed by atoms with Gasteiger partial charge >= 0.3 is 0 Å². The quantitative estimate of drug-likeness (QED) is 0.554. The molecule has 0 radical (unpaired) electrons. The maximum atomic E-state index is 5.73. The largest absolute Gasteiger partial charge is 0.497 e. The van der Waals surface area contributed by atoms with Crippen molar-refractivity contribution in [2.75, 3.05) is 6.61 Å². The van der Waals surface area contributed by atoms with E-state index in [0.717, 1.165) is 25.2 Å². The van der Waals surface area contributed by atoms with Crippen molar-refractivity contribution in [3.8, 4) is 0 Å². The Morgan fingerprint density at radius 1 is 1.40 bits per heavy atom. The highest BCUT2D eigenvalue weighted by atomic mass is 16.5. The molecule has 1 aliphatic heterocycles. The number of hydrogen-bond acceptors (Lipinski definition) is 3. The van der Waals surface area contributed by atoms with Crippen molar-refractivity contribution in [3.05, 3.63) is 11.8 Å². The van der Waals surface area contributed by atoms with Gasteiger partial charge in [-0.2, -0.15) is 0 Å². The maximum Gasteiger partial charge on any atom is 0.111 e. The zero-order valence-corrected chi connectivity index (χ0v) is 9.59. The monoisotopic (exact) mass is 210 g/mol. The molecule has 0 aromatic carbocycles. The van der Waals surface area contributed by atoms with E-state index in [-0.39, 0.29) is 11.5 Å².